The Morgan fingerprint density at radius 3 is 1.74 bits per heavy atom. The lowest BCUT2D eigenvalue weighted by atomic mass is 9.93. The third-order valence-corrected chi connectivity index (χ3v) is 4.89. The maximum absolute atomic E-state index is 4.13. The molecule has 4 rings (SSSR count). The van der Waals surface area contributed by atoms with Crippen molar-refractivity contribution in [3.8, 4) is 33.4 Å². The summed E-state index contributed by atoms with van der Waals surface area (Å²) in [5.74, 6) is 0. The molecule has 0 N–H and O–H groups in total. The van der Waals surface area contributed by atoms with Crippen molar-refractivity contribution in [1.82, 2.24) is 0 Å². The molecule has 4 aromatic rings. The Balaban J connectivity index is 1.70. The van der Waals surface area contributed by atoms with Crippen LogP contribution in [0.4, 0.5) is 0 Å². The Hall–Kier alpha value is -3.38. The summed E-state index contributed by atoms with van der Waals surface area (Å²) in [6, 6.07) is 36.5. The lowest BCUT2D eigenvalue weighted by Crippen LogP contribution is -1.87. The fourth-order valence-corrected chi connectivity index (χ4v) is 3.46. The van der Waals surface area contributed by atoms with Crippen LogP contribution < -0.4 is 0 Å². The molecular formula is C27H22. The second-order valence-electron chi connectivity index (χ2n) is 6.85. The van der Waals surface area contributed by atoms with Gasteiger partial charge in [0.1, 0.15) is 0 Å². The minimum atomic E-state index is 1.09. The third kappa shape index (κ3) is 3.61. The summed E-state index contributed by atoms with van der Waals surface area (Å²) < 4.78 is 0. The topological polar surface area (TPSA) is 0 Å². The van der Waals surface area contributed by atoms with Crippen molar-refractivity contribution in [3.63, 3.8) is 0 Å². The highest BCUT2D eigenvalue weighted by molar-refractivity contribution is 5.82. The third-order valence-electron chi connectivity index (χ3n) is 4.89. The Morgan fingerprint density at radius 2 is 1.04 bits per heavy atom. The molecule has 130 valence electrons. The quantitative estimate of drug-likeness (QED) is 0.355. The summed E-state index contributed by atoms with van der Waals surface area (Å²) >= 11 is 0. The first-order valence-electron chi connectivity index (χ1n) is 9.23. The number of hydrogen-bond donors (Lipinski definition) is 0. The smallest absolute Gasteiger partial charge is 0.0109 e. The van der Waals surface area contributed by atoms with Gasteiger partial charge in [-0.25, -0.2) is 0 Å². The van der Waals surface area contributed by atoms with E-state index in [0.717, 1.165) is 5.57 Å². The molecule has 0 aliphatic rings. The van der Waals surface area contributed by atoms with E-state index in [2.05, 4.69) is 111 Å². The molecule has 0 heteroatoms. The average Bonchev–Trinajstić information content (AvgIpc) is 2.74. The van der Waals surface area contributed by atoms with Crippen molar-refractivity contribution in [2.24, 2.45) is 0 Å². The average molecular weight is 346 g/mol. The van der Waals surface area contributed by atoms with Gasteiger partial charge >= 0.3 is 0 Å². The zero-order valence-corrected chi connectivity index (χ0v) is 15.5. The van der Waals surface area contributed by atoms with E-state index in [1.807, 2.05) is 6.07 Å². The van der Waals surface area contributed by atoms with Gasteiger partial charge in [-0.1, -0.05) is 109 Å². The predicted octanol–water partition coefficient (Wildman–Crippen LogP) is 7.72. The fourth-order valence-electron chi connectivity index (χ4n) is 3.46. The monoisotopic (exact) mass is 346 g/mol. The van der Waals surface area contributed by atoms with E-state index in [9.17, 15) is 0 Å². The first kappa shape index (κ1) is 17.1. The molecule has 0 aliphatic heterocycles. The summed E-state index contributed by atoms with van der Waals surface area (Å²) in [6.45, 7) is 6.19. The van der Waals surface area contributed by atoms with Gasteiger partial charge in [-0.15, -0.1) is 0 Å². The van der Waals surface area contributed by atoms with Gasteiger partial charge in [-0.05, 0) is 51.9 Å². The summed E-state index contributed by atoms with van der Waals surface area (Å²) in [5, 5.41) is 0. The molecular weight excluding hydrogens is 324 g/mol. The van der Waals surface area contributed by atoms with Gasteiger partial charge in [0.25, 0.3) is 0 Å². The summed E-state index contributed by atoms with van der Waals surface area (Å²) in [7, 11) is 0. The van der Waals surface area contributed by atoms with Crippen LogP contribution in [-0.4, -0.2) is 0 Å². The van der Waals surface area contributed by atoms with Gasteiger partial charge in [0.2, 0.25) is 0 Å². The predicted molar refractivity (Wildman–Crippen MR) is 117 cm³/mol. The molecule has 4 aromatic carbocycles. The molecule has 0 saturated carbocycles. The SMILES string of the molecule is C=C(C)c1ccccc1-c1cccc(-c2ccc(-c3ccccc3)cc2)c1. The van der Waals surface area contributed by atoms with Crippen LogP contribution in [-0.2, 0) is 0 Å². The summed E-state index contributed by atoms with van der Waals surface area (Å²) in [4.78, 5) is 0. The van der Waals surface area contributed by atoms with Crippen molar-refractivity contribution in [3.05, 3.63) is 115 Å². The molecule has 0 amide bonds. The van der Waals surface area contributed by atoms with Crippen molar-refractivity contribution < 1.29 is 0 Å². The molecule has 0 aromatic heterocycles. The van der Waals surface area contributed by atoms with E-state index in [-0.39, 0.29) is 0 Å². The number of benzene rings is 4. The highest BCUT2D eigenvalue weighted by Crippen LogP contribution is 2.32. The zero-order valence-electron chi connectivity index (χ0n) is 15.5. The summed E-state index contributed by atoms with van der Waals surface area (Å²) in [6.07, 6.45) is 0. The first-order valence-corrected chi connectivity index (χ1v) is 9.23. The Kier molecular flexibility index (Phi) is 4.72. The van der Waals surface area contributed by atoms with E-state index in [0.29, 0.717) is 0 Å². The Bertz CT molecular complexity index is 1070. The van der Waals surface area contributed by atoms with Crippen molar-refractivity contribution >= 4 is 5.57 Å². The normalized spacial score (nSPS) is 10.6. The number of rotatable bonds is 4. The first-order chi connectivity index (χ1) is 13.2. The fraction of sp³-hybridized carbons (Fsp3) is 0.0370. The van der Waals surface area contributed by atoms with Crippen molar-refractivity contribution in [2.45, 2.75) is 6.92 Å². The zero-order chi connectivity index (χ0) is 18.6. The standard InChI is InChI=1S/C27H22/c1-20(2)26-13-6-7-14-27(26)25-12-8-11-24(19-25)23-17-15-22(16-18-23)21-9-4-3-5-10-21/h3-19H,1H2,2H3. The molecule has 0 fully saturated rings. The number of allylic oxidation sites excluding steroid dienone is 1. The molecule has 0 bridgehead atoms. The molecule has 0 nitrogen and oxygen atoms in total. The highest BCUT2D eigenvalue weighted by Gasteiger charge is 2.07. The minimum Gasteiger partial charge on any atom is -0.0955 e. The van der Waals surface area contributed by atoms with Gasteiger partial charge in [-0.2, -0.15) is 0 Å². The molecule has 0 radical (unpaired) electrons. The Morgan fingerprint density at radius 1 is 0.519 bits per heavy atom. The van der Waals surface area contributed by atoms with E-state index in [1.54, 1.807) is 0 Å². The second kappa shape index (κ2) is 7.47. The van der Waals surface area contributed by atoms with Gasteiger partial charge in [0.05, 0.1) is 0 Å². The van der Waals surface area contributed by atoms with E-state index in [4.69, 9.17) is 0 Å². The van der Waals surface area contributed by atoms with E-state index in [1.165, 1.54) is 38.9 Å². The van der Waals surface area contributed by atoms with Crippen LogP contribution in [0, 0.1) is 0 Å². The molecule has 0 spiro atoms. The van der Waals surface area contributed by atoms with E-state index >= 15 is 0 Å². The van der Waals surface area contributed by atoms with Crippen LogP contribution in [0.5, 0.6) is 0 Å². The lowest BCUT2D eigenvalue weighted by molar-refractivity contribution is 1.54. The van der Waals surface area contributed by atoms with Gasteiger partial charge in [-0.3, -0.25) is 0 Å². The molecule has 0 saturated heterocycles. The lowest BCUT2D eigenvalue weighted by Gasteiger charge is -2.11. The minimum absolute atomic E-state index is 1.09. The van der Waals surface area contributed by atoms with Crippen LogP contribution in [0.3, 0.4) is 0 Å². The maximum Gasteiger partial charge on any atom is -0.0109 e. The van der Waals surface area contributed by atoms with Gasteiger partial charge in [0.15, 0.2) is 0 Å². The molecule has 0 aliphatic carbocycles. The van der Waals surface area contributed by atoms with E-state index < -0.39 is 0 Å². The maximum atomic E-state index is 4.13. The van der Waals surface area contributed by atoms with Crippen LogP contribution in [0.15, 0.2) is 110 Å². The summed E-state index contributed by atoms with van der Waals surface area (Å²) in [5.41, 5.74) is 9.67. The molecule has 0 atom stereocenters. The second-order valence-corrected chi connectivity index (χ2v) is 6.85. The molecule has 27 heavy (non-hydrogen) atoms. The number of hydrogen-bond acceptors (Lipinski definition) is 0. The highest BCUT2D eigenvalue weighted by atomic mass is 14.1. The largest absolute Gasteiger partial charge is 0.0955 e. The van der Waals surface area contributed by atoms with Crippen molar-refractivity contribution in [2.75, 3.05) is 0 Å². The van der Waals surface area contributed by atoms with Gasteiger partial charge < -0.3 is 0 Å². The van der Waals surface area contributed by atoms with Gasteiger partial charge in [0, 0.05) is 0 Å². The molecule has 0 heterocycles. The van der Waals surface area contributed by atoms with Crippen molar-refractivity contribution in [1.29, 1.82) is 0 Å². The Labute approximate surface area is 161 Å². The van der Waals surface area contributed by atoms with Crippen LogP contribution >= 0.6 is 0 Å². The molecule has 0 unspecified atom stereocenters. The van der Waals surface area contributed by atoms with Crippen LogP contribution in [0.2, 0.25) is 0 Å². The van der Waals surface area contributed by atoms with Crippen LogP contribution in [0.25, 0.3) is 39.0 Å². The van der Waals surface area contributed by atoms with Crippen LogP contribution in [0.1, 0.15) is 12.5 Å².